The van der Waals surface area contributed by atoms with Crippen LogP contribution in [0, 0.1) is 16.7 Å². The maximum absolute atomic E-state index is 11.2. The van der Waals surface area contributed by atoms with E-state index < -0.39 is 9.84 Å². The van der Waals surface area contributed by atoms with Gasteiger partial charge in [-0.3, -0.25) is 0 Å². The van der Waals surface area contributed by atoms with E-state index in [1.165, 1.54) is 0 Å². The van der Waals surface area contributed by atoms with E-state index in [9.17, 15) is 8.42 Å². The standard InChI is InChI=1S/C11H20N2O2S/c1-11(2,9-12)5-6-13-10-3-7-16(14,15)8-4-10/h10,13H,3-8H2,1-2H3. The van der Waals surface area contributed by atoms with Gasteiger partial charge in [0, 0.05) is 6.04 Å². The lowest BCUT2D eigenvalue weighted by Crippen LogP contribution is -2.38. The Kier molecular flexibility index (Phi) is 4.34. The highest BCUT2D eigenvalue weighted by Gasteiger charge is 2.23. The molecule has 1 aliphatic rings. The molecule has 0 bridgehead atoms. The molecule has 0 aromatic carbocycles. The molecule has 1 aliphatic heterocycles. The van der Waals surface area contributed by atoms with E-state index in [1.54, 1.807) is 0 Å². The van der Waals surface area contributed by atoms with Gasteiger partial charge in [-0.25, -0.2) is 8.42 Å². The zero-order valence-electron chi connectivity index (χ0n) is 9.99. The van der Waals surface area contributed by atoms with Crippen LogP contribution in [-0.4, -0.2) is 32.5 Å². The third-order valence-corrected chi connectivity index (χ3v) is 4.76. The van der Waals surface area contributed by atoms with Gasteiger partial charge >= 0.3 is 0 Å². The monoisotopic (exact) mass is 244 g/mol. The zero-order chi connectivity index (χ0) is 12.2. The van der Waals surface area contributed by atoms with Gasteiger partial charge in [-0.05, 0) is 39.7 Å². The molecular weight excluding hydrogens is 224 g/mol. The second kappa shape index (κ2) is 5.15. The number of hydrogen-bond donors (Lipinski definition) is 1. The van der Waals surface area contributed by atoms with Gasteiger partial charge in [-0.15, -0.1) is 0 Å². The van der Waals surface area contributed by atoms with Crippen molar-refractivity contribution in [3.8, 4) is 6.07 Å². The maximum atomic E-state index is 11.2. The lowest BCUT2D eigenvalue weighted by Gasteiger charge is -2.24. The number of nitriles is 1. The molecule has 1 N–H and O–H groups in total. The maximum Gasteiger partial charge on any atom is 0.150 e. The fourth-order valence-electron chi connectivity index (χ4n) is 1.74. The fourth-order valence-corrected chi connectivity index (χ4v) is 3.23. The van der Waals surface area contributed by atoms with Crippen molar-refractivity contribution in [2.75, 3.05) is 18.1 Å². The summed E-state index contributed by atoms with van der Waals surface area (Å²) in [7, 11) is -2.77. The number of sulfone groups is 1. The predicted octanol–water partition coefficient (Wildman–Crippen LogP) is 1.09. The Morgan fingerprint density at radius 1 is 1.38 bits per heavy atom. The van der Waals surface area contributed by atoms with Crippen LogP contribution >= 0.6 is 0 Å². The van der Waals surface area contributed by atoms with Crippen molar-refractivity contribution in [2.24, 2.45) is 5.41 Å². The van der Waals surface area contributed by atoms with Crippen molar-refractivity contribution in [2.45, 2.75) is 39.2 Å². The van der Waals surface area contributed by atoms with Crippen LogP contribution < -0.4 is 5.32 Å². The van der Waals surface area contributed by atoms with Crippen molar-refractivity contribution in [1.29, 1.82) is 5.26 Å². The molecule has 1 heterocycles. The smallest absolute Gasteiger partial charge is 0.150 e. The molecule has 0 saturated carbocycles. The van der Waals surface area contributed by atoms with E-state index in [0.29, 0.717) is 30.4 Å². The molecule has 4 nitrogen and oxygen atoms in total. The molecule has 0 spiro atoms. The average Bonchev–Trinajstić information content (AvgIpc) is 2.20. The van der Waals surface area contributed by atoms with Crippen molar-refractivity contribution in [1.82, 2.24) is 5.32 Å². The van der Waals surface area contributed by atoms with Gasteiger partial charge in [0.05, 0.1) is 23.0 Å². The van der Waals surface area contributed by atoms with Crippen LogP contribution in [0.3, 0.4) is 0 Å². The number of nitrogens with one attached hydrogen (secondary N) is 1. The topological polar surface area (TPSA) is 70.0 Å². The Bertz CT molecular complexity index is 354. The van der Waals surface area contributed by atoms with Crippen LogP contribution in [0.15, 0.2) is 0 Å². The van der Waals surface area contributed by atoms with Crippen LogP contribution in [0.5, 0.6) is 0 Å². The predicted molar refractivity (Wildman–Crippen MR) is 63.7 cm³/mol. The summed E-state index contributed by atoms with van der Waals surface area (Å²) in [6.45, 7) is 4.62. The minimum atomic E-state index is -2.77. The van der Waals surface area contributed by atoms with E-state index in [0.717, 1.165) is 13.0 Å². The second-order valence-electron chi connectivity index (χ2n) is 5.13. The highest BCUT2D eigenvalue weighted by molar-refractivity contribution is 7.91. The first-order chi connectivity index (χ1) is 7.35. The molecule has 16 heavy (non-hydrogen) atoms. The first kappa shape index (κ1) is 13.5. The Balaban J connectivity index is 2.24. The molecule has 1 rings (SSSR count). The van der Waals surface area contributed by atoms with E-state index in [1.807, 2.05) is 13.8 Å². The molecule has 0 atom stereocenters. The number of nitrogens with zero attached hydrogens (tertiary/aromatic N) is 1. The van der Waals surface area contributed by atoms with E-state index in [2.05, 4.69) is 11.4 Å². The van der Waals surface area contributed by atoms with Crippen LogP contribution in [0.1, 0.15) is 33.1 Å². The van der Waals surface area contributed by atoms with E-state index >= 15 is 0 Å². The van der Waals surface area contributed by atoms with Gasteiger partial charge in [0.15, 0.2) is 0 Å². The summed E-state index contributed by atoms with van der Waals surface area (Å²) in [5.74, 6) is 0.596. The highest BCUT2D eigenvalue weighted by atomic mass is 32.2. The van der Waals surface area contributed by atoms with Gasteiger partial charge in [-0.1, -0.05) is 0 Å². The van der Waals surface area contributed by atoms with Crippen LogP contribution in [0.4, 0.5) is 0 Å². The SMILES string of the molecule is CC(C)(C#N)CCNC1CCS(=O)(=O)CC1. The van der Waals surface area contributed by atoms with Crippen LogP contribution in [-0.2, 0) is 9.84 Å². The Morgan fingerprint density at radius 2 is 1.94 bits per heavy atom. The Morgan fingerprint density at radius 3 is 2.44 bits per heavy atom. The third-order valence-electron chi connectivity index (χ3n) is 3.04. The highest BCUT2D eigenvalue weighted by Crippen LogP contribution is 2.18. The Labute approximate surface area is 98.0 Å². The average molecular weight is 244 g/mol. The molecular formula is C11H20N2O2S. The zero-order valence-corrected chi connectivity index (χ0v) is 10.8. The summed E-state index contributed by atoms with van der Waals surface area (Å²) in [4.78, 5) is 0. The largest absolute Gasteiger partial charge is 0.314 e. The van der Waals surface area contributed by atoms with Crippen molar-refractivity contribution < 1.29 is 8.42 Å². The molecule has 0 radical (unpaired) electrons. The fraction of sp³-hybridized carbons (Fsp3) is 0.909. The summed E-state index contributed by atoms with van der Waals surface area (Å²) >= 11 is 0. The molecule has 92 valence electrons. The normalized spacial score (nSPS) is 21.6. The lowest BCUT2D eigenvalue weighted by atomic mass is 9.91. The van der Waals surface area contributed by atoms with E-state index in [-0.39, 0.29) is 5.41 Å². The van der Waals surface area contributed by atoms with Gasteiger partial charge < -0.3 is 5.32 Å². The number of hydrogen-bond acceptors (Lipinski definition) is 4. The third kappa shape index (κ3) is 4.50. The van der Waals surface area contributed by atoms with Crippen LogP contribution in [0.2, 0.25) is 0 Å². The van der Waals surface area contributed by atoms with Crippen molar-refractivity contribution >= 4 is 9.84 Å². The summed E-state index contributed by atoms with van der Waals surface area (Å²) in [6.07, 6.45) is 2.21. The van der Waals surface area contributed by atoms with Gasteiger partial charge in [0.1, 0.15) is 9.84 Å². The molecule has 1 saturated heterocycles. The molecule has 5 heteroatoms. The molecule has 1 fully saturated rings. The summed E-state index contributed by atoms with van der Waals surface area (Å²) in [5, 5.41) is 12.2. The van der Waals surface area contributed by atoms with Gasteiger partial charge in [0.25, 0.3) is 0 Å². The minimum absolute atomic E-state index is 0.298. The molecule has 0 aliphatic carbocycles. The summed E-state index contributed by atoms with van der Waals surface area (Å²) < 4.78 is 22.4. The lowest BCUT2D eigenvalue weighted by molar-refractivity contribution is 0.393. The molecule has 0 amide bonds. The van der Waals surface area contributed by atoms with Crippen molar-refractivity contribution in [3.05, 3.63) is 0 Å². The molecule has 0 aromatic rings. The van der Waals surface area contributed by atoms with Crippen LogP contribution in [0.25, 0.3) is 0 Å². The first-order valence-corrected chi connectivity index (χ1v) is 7.52. The van der Waals surface area contributed by atoms with Gasteiger partial charge in [-0.2, -0.15) is 5.26 Å². The second-order valence-corrected chi connectivity index (χ2v) is 7.43. The number of rotatable bonds is 4. The molecule has 0 aromatic heterocycles. The van der Waals surface area contributed by atoms with E-state index in [4.69, 9.17) is 5.26 Å². The van der Waals surface area contributed by atoms with Crippen molar-refractivity contribution in [3.63, 3.8) is 0 Å². The first-order valence-electron chi connectivity index (χ1n) is 5.70. The molecule has 0 unspecified atom stereocenters. The quantitative estimate of drug-likeness (QED) is 0.803. The Hall–Kier alpha value is -0.600. The summed E-state index contributed by atoms with van der Waals surface area (Å²) in [5.41, 5.74) is -0.298. The minimum Gasteiger partial charge on any atom is -0.314 e. The summed E-state index contributed by atoms with van der Waals surface area (Å²) in [6, 6.07) is 2.56. The van der Waals surface area contributed by atoms with Gasteiger partial charge in [0.2, 0.25) is 0 Å².